The van der Waals surface area contributed by atoms with Crippen molar-refractivity contribution in [3.63, 3.8) is 0 Å². The monoisotopic (exact) mass is 302 g/mol. The molecule has 0 aliphatic carbocycles. The van der Waals surface area contributed by atoms with Crippen molar-refractivity contribution in [2.45, 2.75) is 26.3 Å². The quantitative estimate of drug-likeness (QED) is 0.719. The predicted molar refractivity (Wildman–Crippen MR) is 94.3 cm³/mol. The van der Waals surface area contributed by atoms with Crippen LogP contribution in [0.2, 0.25) is 0 Å². The second-order valence-corrected chi connectivity index (χ2v) is 5.92. The second kappa shape index (κ2) is 5.51. The van der Waals surface area contributed by atoms with E-state index in [0.717, 1.165) is 41.9 Å². The van der Waals surface area contributed by atoms with Crippen molar-refractivity contribution in [2.24, 2.45) is 0 Å². The van der Waals surface area contributed by atoms with Crippen molar-refractivity contribution in [3.8, 4) is 0 Å². The van der Waals surface area contributed by atoms with E-state index in [9.17, 15) is 4.79 Å². The van der Waals surface area contributed by atoms with Gasteiger partial charge < -0.3 is 4.57 Å². The molecule has 1 aromatic heterocycles. The van der Waals surface area contributed by atoms with Crippen molar-refractivity contribution in [1.29, 1.82) is 0 Å². The molecule has 2 heterocycles. The molecule has 23 heavy (non-hydrogen) atoms. The minimum atomic E-state index is -0.138. The fraction of sp³-hybridized carbons (Fsp3) is 0.200. The number of para-hydroxylation sites is 1. The molecule has 1 aliphatic heterocycles. The summed E-state index contributed by atoms with van der Waals surface area (Å²) in [6.07, 6.45) is 4.11. The summed E-state index contributed by atoms with van der Waals surface area (Å²) >= 11 is 0. The summed E-state index contributed by atoms with van der Waals surface area (Å²) in [5.41, 5.74) is 4.47. The molecule has 0 atom stereocenters. The molecule has 0 unspecified atom stereocenters. The zero-order chi connectivity index (χ0) is 15.8. The van der Waals surface area contributed by atoms with Gasteiger partial charge in [-0.15, -0.1) is 0 Å². The maximum Gasteiger partial charge on any atom is 0.281 e. The Morgan fingerprint density at radius 1 is 1.13 bits per heavy atom. The van der Waals surface area contributed by atoms with Gasteiger partial charge in [0.2, 0.25) is 0 Å². The largest absolute Gasteiger partial charge is 0.325 e. The van der Waals surface area contributed by atoms with Crippen LogP contribution in [0.25, 0.3) is 22.6 Å². The minimum absolute atomic E-state index is 0.138. The van der Waals surface area contributed by atoms with E-state index in [-0.39, 0.29) is 5.56 Å². The second-order valence-electron chi connectivity index (χ2n) is 5.92. The summed E-state index contributed by atoms with van der Waals surface area (Å²) in [5.74, 6) is 0.813. The first-order chi connectivity index (χ1) is 11.3. The molecule has 2 aromatic carbocycles. The van der Waals surface area contributed by atoms with Crippen LogP contribution >= 0.6 is 0 Å². The number of benzene rings is 2. The summed E-state index contributed by atoms with van der Waals surface area (Å²) in [5, 5.41) is 0.699. The first-order valence-electron chi connectivity index (χ1n) is 8.06. The molecule has 1 aliphatic rings. The van der Waals surface area contributed by atoms with Crippen molar-refractivity contribution < 1.29 is 0 Å². The van der Waals surface area contributed by atoms with Crippen LogP contribution in [0.15, 0.2) is 53.3 Å². The normalized spacial score (nSPS) is 15.3. The van der Waals surface area contributed by atoms with Crippen LogP contribution in [0.1, 0.15) is 30.3 Å². The van der Waals surface area contributed by atoms with Gasteiger partial charge in [-0.25, -0.2) is 0 Å². The Balaban J connectivity index is 1.83. The van der Waals surface area contributed by atoms with Crippen molar-refractivity contribution in [1.82, 2.24) is 9.55 Å². The Bertz CT molecular complexity index is 965. The number of rotatable bonds is 2. The molecule has 0 spiro atoms. The minimum Gasteiger partial charge on any atom is -0.325 e. The standard InChI is InChI=1S/C20H18N2O/c1-2-14-7-9-15(10-8-14)13-16-11-12-22-18-6-4-3-5-17(18)20(23)21-19(16)22/h3-10,13H,2,11-12H2,1H3/b16-13-. The van der Waals surface area contributed by atoms with Gasteiger partial charge >= 0.3 is 0 Å². The van der Waals surface area contributed by atoms with Gasteiger partial charge in [0.15, 0.2) is 0 Å². The lowest BCUT2D eigenvalue weighted by atomic mass is 10.1. The van der Waals surface area contributed by atoms with Crippen molar-refractivity contribution in [2.75, 3.05) is 0 Å². The Morgan fingerprint density at radius 2 is 1.91 bits per heavy atom. The highest BCUT2D eigenvalue weighted by atomic mass is 16.1. The molecule has 0 saturated carbocycles. The Labute approximate surface area is 134 Å². The summed E-state index contributed by atoms with van der Waals surface area (Å²) in [7, 11) is 0. The SMILES string of the molecule is CCc1ccc(/C=C2/CCn3c2nc(=O)c2ccccc23)cc1. The van der Waals surface area contributed by atoms with Crippen LogP contribution in [0.5, 0.6) is 0 Å². The molecule has 114 valence electrons. The molecule has 0 radical (unpaired) electrons. The molecular weight excluding hydrogens is 284 g/mol. The molecule has 3 heteroatoms. The van der Waals surface area contributed by atoms with E-state index < -0.39 is 0 Å². The lowest BCUT2D eigenvalue weighted by molar-refractivity contribution is 0.772. The predicted octanol–water partition coefficient (Wildman–Crippen LogP) is 3.90. The molecule has 0 amide bonds. The molecule has 3 nitrogen and oxygen atoms in total. The highest BCUT2D eigenvalue weighted by Gasteiger charge is 2.20. The molecule has 3 aromatic rings. The number of aryl methyl sites for hydroxylation is 2. The van der Waals surface area contributed by atoms with Crippen LogP contribution in [0, 0.1) is 0 Å². The van der Waals surface area contributed by atoms with Crippen LogP contribution in [0.3, 0.4) is 0 Å². The zero-order valence-corrected chi connectivity index (χ0v) is 13.1. The fourth-order valence-corrected chi connectivity index (χ4v) is 3.22. The Kier molecular flexibility index (Phi) is 3.34. The Morgan fingerprint density at radius 3 is 2.70 bits per heavy atom. The maximum absolute atomic E-state index is 12.3. The number of hydrogen-bond acceptors (Lipinski definition) is 2. The molecule has 0 N–H and O–H groups in total. The lowest BCUT2D eigenvalue weighted by Crippen LogP contribution is -2.14. The maximum atomic E-state index is 12.3. The Hall–Kier alpha value is -2.68. The van der Waals surface area contributed by atoms with Crippen LogP contribution in [0.4, 0.5) is 0 Å². The van der Waals surface area contributed by atoms with Gasteiger partial charge in [-0.1, -0.05) is 43.3 Å². The molecule has 0 fully saturated rings. The third-order valence-corrected chi connectivity index (χ3v) is 4.51. The van der Waals surface area contributed by atoms with Gasteiger partial charge in [0, 0.05) is 6.54 Å². The van der Waals surface area contributed by atoms with E-state index in [0.29, 0.717) is 5.39 Å². The first kappa shape index (κ1) is 13.9. The van der Waals surface area contributed by atoms with Gasteiger partial charge in [-0.3, -0.25) is 4.79 Å². The smallest absolute Gasteiger partial charge is 0.281 e. The van der Waals surface area contributed by atoms with Gasteiger partial charge in [-0.05, 0) is 47.8 Å². The topological polar surface area (TPSA) is 34.9 Å². The van der Waals surface area contributed by atoms with E-state index in [2.05, 4.69) is 46.8 Å². The molecular formula is C20H18N2O. The number of nitrogens with zero attached hydrogens (tertiary/aromatic N) is 2. The highest BCUT2D eigenvalue weighted by molar-refractivity contribution is 5.85. The highest BCUT2D eigenvalue weighted by Crippen LogP contribution is 2.29. The summed E-state index contributed by atoms with van der Waals surface area (Å²) in [4.78, 5) is 16.6. The van der Waals surface area contributed by atoms with E-state index in [1.165, 1.54) is 5.56 Å². The van der Waals surface area contributed by atoms with Gasteiger partial charge in [-0.2, -0.15) is 4.98 Å². The summed E-state index contributed by atoms with van der Waals surface area (Å²) in [6, 6.07) is 16.3. The number of fused-ring (bicyclic) bond motifs is 3. The van der Waals surface area contributed by atoms with Crippen LogP contribution < -0.4 is 5.56 Å². The van der Waals surface area contributed by atoms with Crippen LogP contribution in [-0.4, -0.2) is 9.55 Å². The summed E-state index contributed by atoms with van der Waals surface area (Å²) in [6.45, 7) is 3.03. The third-order valence-electron chi connectivity index (χ3n) is 4.51. The number of allylic oxidation sites excluding steroid dienone is 1. The molecule has 0 saturated heterocycles. The zero-order valence-electron chi connectivity index (χ0n) is 13.1. The van der Waals surface area contributed by atoms with Gasteiger partial charge in [0.25, 0.3) is 5.56 Å². The van der Waals surface area contributed by atoms with E-state index >= 15 is 0 Å². The van der Waals surface area contributed by atoms with Gasteiger partial charge in [0.1, 0.15) is 5.82 Å². The average Bonchev–Trinajstić information content (AvgIpc) is 2.99. The van der Waals surface area contributed by atoms with E-state index in [1.54, 1.807) is 0 Å². The van der Waals surface area contributed by atoms with Crippen LogP contribution in [-0.2, 0) is 13.0 Å². The molecule has 0 bridgehead atoms. The van der Waals surface area contributed by atoms with E-state index in [4.69, 9.17) is 0 Å². The first-order valence-corrected chi connectivity index (χ1v) is 8.06. The van der Waals surface area contributed by atoms with Crippen molar-refractivity contribution >= 4 is 22.6 Å². The fourth-order valence-electron chi connectivity index (χ4n) is 3.22. The van der Waals surface area contributed by atoms with E-state index in [1.807, 2.05) is 24.3 Å². The summed E-state index contributed by atoms with van der Waals surface area (Å²) < 4.78 is 2.16. The van der Waals surface area contributed by atoms with Crippen molar-refractivity contribution in [3.05, 3.63) is 75.8 Å². The lowest BCUT2D eigenvalue weighted by Gasteiger charge is -2.07. The third kappa shape index (κ3) is 2.38. The average molecular weight is 302 g/mol. The molecule has 4 rings (SSSR count). The number of hydrogen-bond donors (Lipinski definition) is 0. The number of aromatic nitrogens is 2. The van der Waals surface area contributed by atoms with Gasteiger partial charge in [0.05, 0.1) is 10.9 Å².